The number of aromatic nitrogens is 2. The van der Waals surface area contributed by atoms with Crippen molar-refractivity contribution in [3.05, 3.63) is 48.8 Å². The third kappa shape index (κ3) is 3.75. The first kappa shape index (κ1) is 12.9. The molecule has 0 aromatic carbocycles. The zero-order chi connectivity index (χ0) is 12.8. The highest BCUT2D eigenvalue weighted by molar-refractivity contribution is 8.18. The smallest absolute Gasteiger partial charge is 0.327 e. The molecule has 0 aliphatic carbocycles. The Labute approximate surface area is 113 Å². The molecule has 0 bridgehead atoms. The Bertz CT molecular complexity index is 467. The van der Waals surface area contributed by atoms with Crippen LogP contribution in [0.3, 0.4) is 0 Å². The molecule has 0 saturated carbocycles. The van der Waals surface area contributed by atoms with Crippen molar-refractivity contribution < 1.29 is 9.90 Å². The number of nitrogens with zero attached hydrogens (tertiary/aromatic N) is 2. The molecular formula is C12H10N2O2S2. The van der Waals surface area contributed by atoms with Gasteiger partial charge in [0.15, 0.2) is 4.58 Å². The Morgan fingerprint density at radius 3 is 1.83 bits per heavy atom. The van der Waals surface area contributed by atoms with Crippen molar-refractivity contribution in [1.82, 2.24) is 9.97 Å². The minimum Gasteiger partial charge on any atom is -0.480 e. The second kappa shape index (κ2) is 6.42. The van der Waals surface area contributed by atoms with Crippen LogP contribution >= 0.6 is 23.5 Å². The van der Waals surface area contributed by atoms with Gasteiger partial charge in [0.25, 0.3) is 0 Å². The molecular weight excluding hydrogens is 268 g/mol. The number of thioether (sulfide) groups is 2. The number of hydrogen-bond acceptors (Lipinski definition) is 5. The third-order valence-electron chi connectivity index (χ3n) is 1.93. The van der Waals surface area contributed by atoms with Crippen molar-refractivity contribution >= 4 is 29.5 Å². The highest BCUT2D eigenvalue weighted by atomic mass is 32.2. The van der Waals surface area contributed by atoms with E-state index in [-0.39, 0.29) is 0 Å². The van der Waals surface area contributed by atoms with Crippen LogP contribution in [0.2, 0.25) is 0 Å². The van der Waals surface area contributed by atoms with Gasteiger partial charge in [-0.25, -0.2) is 9.97 Å². The number of pyridine rings is 2. The molecule has 0 aliphatic heterocycles. The van der Waals surface area contributed by atoms with Crippen molar-refractivity contribution in [3.63, 3.8) is 0 Å². The molecule has 0 aliphatic rings. The molecule has 0 amide bonds. The van der Waals surface area contributed by atoms with Crippen LogP contribution in [0.4, 0.5) is 0 Å². The van der Waals surface area contributed by atoms with Gasteiger partial charge in [0.05, 0.1) is 10.1 Å². The lowest BCUT2D eigenvalue weighted by Gasteiger charge is -2.10. The van der Waals surface area contributed by atoms with Crippen molar-refractivity contribution in [2.24, 2.45) is 0 Å². The molecule has 0 fully saturated rings. The summed E-state index contributed by atoms with van der Waals surface area (Å²) in [5, 5.41) is 10.6. The van der Waals surface area contributed by atoms with Crippen LogP contribution in [0, 0.1) is 0 Å². The molecule has 0 saturated heterocycles. The first-order valence-electron chi connectivity index (χ1n) is 5.14. The van der Waals surface area contributed by atoms with Gasteiger partial charge >= 0.3 is 5.97 Å². The van der Waals surface area contributed by atoms with Crippen molar-refractivity contribution in [1.29, 1.82) is 0 Å². The summed E-state index contributed by atoms with van der Waals surface area (Å²) < 4.78 is -0.658. The van der Waals surface area contributed by atoms with Gasteiger partial charge in [-0.3, -0.25) is 4.79 Å². The zero-order valence-electron chi connectivity index (χ0n) is 9.26. The molecule has 2 rings (SSSR count). The number of carboxylic acid groups (broad SMARTS) is 1. The van der Waals surface area contributed by atoms with Crippen LogP contribution in [0.15, 0.2) is 58.8 Å². The summed E-state index contributed by atoms with van der Waals surface area (Å²) in [5.74, 6) is -0.888. The quantitative estimate of drug-likeness (QED) is 0.670. The van der Waals surface area contributed by atoms with E-state index < -0.39 is 10.6 Å². The largest absolute Gasteiger partial charge is 0.480 e. The van der Waals surface area contributed by atoms with Gasteiger partial charge in [-0.2, -0.15) is 0 Å². The van der Waals surface area contributed by atoms with Crippen LogP contribution in [-0.2, 0) is 4.79 Å². The van der Waals surface area contributed by atoms with Crippen LogP contribution in [-0.4, -0.2) is 25.6 Å². The molecule has 0 radical (unpaired) electrons. The molecule has 0 spiro atoms. The first-order chi connectivity index (χ1) is 8.75. The van der Waals surface area contributed by atoms with E-state index in [9.17, 15) is 9.90 Å². The first-order valence-corrected chi connectivity index (χ1v) is 6.90. The molecule has 2 heterocycles. The summed E-state index contributed by atoms with van der Waals surface area (Å²) in [6.45, 7) is 0. The van der Waals surface area contributed by atoms with E-state index in [0.29, 0.717) is 10.1 Å². The second-order valence-electron chi connectivity index (χ2n) is 3.24. The van der Waals surface area contributed by atoms with Gasteiger partial charge in [0.2, 0.25) is 0 Å². The molecule has 92 valence electrons. The maximum absolute atomic E-state index is 11.2. The topological polar surface area (TPSA) is 63.1 Å². The Morgan fingerprint density at radius 1 is 1.00 bits per heavy atom. The highest BCUT2D eigenvalue weighted by Gasteiger charge is 2.21. The van der Waals surface area contributed by atoms with E-state index in [1.807, 2.05) is 12.1 Å². The maximum Gasteiger partial charge on any atom is 0.327 e. The third-order valence-corrected chi connectivity index (χ3v) is 4.31. The Morgan fingerprint density at radius 2 is 1.50 bits per heavy atom. The number of aliphatic carboxylic acids is 1. The van der Waals surface area contributed by atoms with E-state index in [1.54, 1.807) is 36.7 Å². The average molecular weight is 278 g/mol. The maximum atomic E-state index is 11.2. The van der Waals surface area contributed by atoms with Crippen LogP contribution in [0.25, 0.3) is 0 Å². The van der Waals surface area contributed by atoms with Gasteiger partial charge in [0.1, 0.15) is 0 Å². The fourth-order valence-corrected chi connectivity index (χ4v) is 3.16. The fourth-order valence-electron chi connectivity index (χ4n) is 1.18. The van der Waals surface area contributed by atoms with Crippen molar-refractivity contribution in [2.75, 3.05) is 0 Å². The minimum atomic E-state index is -0.888. The Hall–Kier alpha value is -1.53. The number of rotatable bonds is 5. The van der Waals surface area contributed by atoms with E-state index >= 15 is 0 Å². The lowest BCUT2D eigenvalue weighted by atomic mass is 10.5. The zero-order valence-corrected chi connectivity index (χ0v) is 10.9. The number of hydrogen-bond donors (Lipinski definition) is 1. The number of carbonyl (C=O) groups is 1. The molecule has 4 nitrogen and oxygen atoms in total. The van der Waals surface area contributed by atoms with Crippen molar-refractivity contribution in [3.8, 4) is 0 Å². The second-order valence-corrected chi connectivity index (χ2v) is 5.79. The summed E-state index contributed by atoms with van der Waals surface area (Å²) in [5.41, 5.74) is 0. The van der Waals surface area contributed by atoms with Gasteiger partial charge < -0.3 is 5.11 Å². The highest BCUT2D eigenvalue weighted by Crippen LogP contribution is 2.33. The van der Waals surface area contributed by atoms with Gasteiger partial charge in [0, 0.05) is 12.4 Å². The van der Waals surface area contributed by atoms with E-state index in [0.717, 1.165) is 0 Å². The SMILES string of the molecule is O=C(O)C(Sc1ccccn1)Sc1ccccn1. The monoisotopic (exact) mass is 278 g/mol. The Balaban J connectivity index is 2.08. The predicted molar refractivity (Wildman–Crippen MR) is 71.6 cm³/mol. The summed E-state index contributed by atoms with van der Waals surface area (Å²) in [7, 11) is 0. The molecule has 0 atom stereocenters. The van der Waals surface area contributed by atoms with Crippen LogP contribution < -0.4 is 0 Å². The fraction of sp³-hybridized carbons (Fsp3) is 0.0833. The lowest BCUT2D eigenvalue weighted by Crippen LogP contribution is -2.12. The van der Waals surface area contributed by atoms with Gasteiger partial charge in [-0.1, -0.05) is 35.7 Å². The summed E-state index contributed by atoms with van der Waals surface area (Å²) >= 11 is 2.41. The minimum absolute atomic E-state index is 0.658. The summed E-state index contributed by atoms with van der Waals surface area (Å²) in [4.78, 5) is 19.4. The molecule has 18 heavy (non-hydrogen) atoms. The lowest BCUT2D eigenvalue weighted by molar-refractivity contribution is -0.134. The predicted octanol–water partition coefficient (Wildman–Crippen LogP) is 2.77. The van der Waals surface area contributed by atoms with Crippen LogP contribution in [0.1, 0.15) is 0 Å². The molecule has 6 heteroatoms. The van der Waals surface area contributed by atoms with Crippen molar-refractivity contribution in [2.45, 2.75) is 14.6 Å². The van der Waals surface area contributed by atoms with Gasteiger partial charge in [-0.15, -0.1) is 0 Å². The molecule has 2 aromatic heterocycles. The van der Waals surface area contributed by atoms with E-state index in [1.165, 1.54) is 23.5 Å². The Kier molecular flexibility index (Phi) is 4.60. The molecule has 0 unspecified atom stereocenters. The normalized spacial score (nSPS) is 10.5. The molecule has 1 N–H and O–H groups in total. The molecule has 2 aromatic rings. The summed E-state index contributed by atoms with van der Waals surface area (Å²) in [6.07, 6.45) is 3.29. The summed E-state index contributed by atoms with van der Waals surface area (Å²) in [6, 6.07) is 10.8. The van der Waals surface area contributed by atoms with Gasteiger partial charge in [-0.05, 0) is 24.3 Å². The van der Waals surface area contributed by atoms with Crippen LogP contribution in [0.5, 0.6) is 0 Å². The average Bonchev–Trinajstić information content (AvgIpc) is 2.40. The number of carboxylic acids is 1. The van der Waals surface area contributed by atoms with E-state index in [4.69, 9.17) is 0 Å². The van der Waals surface area contributed by atoms with E-state index in [2.05, 4.69) is 9.97 Å². The standard InChI is InChI=1S/C12H10N2O2S2/c15-11(16)12(17-9-5-1-3-7-13-9)18-10-6-2-4-8-14-10/h1-8,12H,(H,15,16).